The average Bonchev–Trinajstić information content (AvgIpc) is 2.83. The molecule has 1 aromatic rings. The number of anilines is 1. The monoisotopic (exact) mass is 276 g/mol. The van der Waals surface area contributed by atoms with Gasteiger partial charge in [-0.2, -0.15) is 0 Å². The summed E-state index contributed by atoms with van der Waals surface area (Å²) in [4.78, 5) is 22.7. The van der Waals surface area contributed by atoms with Crippen molar-refractivity contribution in [2.45, 2.75) is 33.1 Å². The Morgan fingerprint density at radius 3 is 2.65 bits per heavy atom. The van der Waals surface area contributed by atoms with Crippen molar-refractivity contribution in [1.29, 1.82) is 0 Å². The van der Waals surface area contributed by atoms with Gasteiger partial charge in [0, 0.05) is 12.2 Å². The summed E-state index contributed by atoms with van der Waals surface area (Å²) in [5.74, 6) is -0.935. The molecule has 2 amide bonds. The maximum Gasteiger partial charge on any atom is 0.319 e. The summed E-state index contributed by atoms with van der Waals surface area (Å²) in [6, 6.07) is 5.53. The maximum absolute atomic E-state index is 11.8. The fourth-order valence-electron chi connectivity index (χ4n) is 2.20. The predicted molar refractivity (Wildman–Crippen MR) is 76.9 cm³/mol. The van der Waals surface area contributed by atoms with E-state index in [4.69, 9.17) is 5.11 Å². The summed E-state index contributed by atoms with van der Waals surface area (Å²) in [5.41, 5.74) is 2.41. The molecule has 0 radical (unpaired) electrons. The molecule has 0 spiro atoms. The van der Waals surface area contributed by atoms with Gasteiger partial charge in [0.15, 0.2) is 0 Å². The van der Waals surface area contributed by atoms with Crippen LogP contribution in [0.25, 0.3) is 0 Å². The minimum atomic E-state index is -0.977. The zero-order chi connectivity index (χ0) is 14.8. The van der Waals surface area contributed by atoms with E-state index < -0.39 is 11.4 Å². The number of fused-ring (bicyclic) bond motifs is 1. The second-order valence-electron chi connectivity index (χ2n) is 5.83. The Labute approximate surface area is 118 Å². The van der Waals surface area contributed by atoms with Gasteiger partial charge in [-0.05, 0) is 56.4 Å². The lowest BCUT2D eigenvalue weighted by molar-refractivity contribution is -0.146. The summed E-state index contributed by atoms with van der Waals surface area (Å²) in [5, 5.41) is 14.3. The van der Waals surface area contributed by atoms with E-state index in [9.17, 15) is 9.59 Å². The lowest BCUT2D eigenvalue weighted by Gasteiger charge is -2.19. The van der Waals surface area contributed by atoms with Crippen LogP contribution >= 0.6 is 0 Å². The topological polar surface area (TPSA) is 78.4 Å². The van der Waals surface area contributed by atoms with Crippen LogP contribution in [0.4, 0.5) is 10.5 Å². The molecule has 108 valence electrons. The van der Waals surface area contributed by atoms with E-state index in [-0.39, 0.29) is 12.6 Å². The number of nitrogens with one attached hydrogen (secondary N) is 2. The van der Waals surface area contributed by atoms with Crippen LogP contribution in [0.3, 0.4) is 0 Å². The number of urea groups is 1. The van der Waals surface area contributed by atoms with Gasteiger partial charge in [-0.1, -0.05) is 6.07 Å². The van der Waals surface area contributed by atoms with E-state index in [0.717, 1.165) is 24.9 Å². The van der Waals surface area contributed by atoms with E-state index in [2.05, 4.69) is 10.6 Å². The van der Waals surface area contributed by atoms with Gasteiger partial charge < -0.3 is 15.7 Å². The molecule has 1 aromatic carbocycles. The van der Waals surface area contributed by atoms with Crippen LogP contribution in [0.2, 0.25) is 0 Å². The van der Waals surface area contributed by atoms with Gasteiger partial charge in [-0.25, -0.2) is 4.79 Å². The molecular formula is C15H20N2O3. The van der Waals surface area contributed by atoms with Crippen LogP contribution < -0.4 is 10.6 Å². The summed E-state index contributed by atoms with van der Waals surface area (Å²) >= 11 is 0. The molecule has 2 rings (SSSR count). The summed E-state index contributed by atoms with van der Waals surface area (Å²) in [6.07, 6.45) is 3.32. The number of aryl methyl sites for hydroxylation is 2. The van der Waals surface area contributed by atoms with Crippen molar-refractivity contribution in [3.63, 3.8) is 0 Å². The number of hydrogen-bond acceptors (Lipinski definition) is 2. The van der Waals surface area contributed by atoms with Crippen molar-refractivity contribution in [2.24, 2.45) is 5.41 Å². The number of rotatable bonds is 4. The van der Waals surface area contributed by atoms with E-state index in [0.29, 0.717) is 0 Å². The Kier molecular flexibility index (Phi) is 3.97. The van der Waals surface area contributed by atoms with E-state index >= 15 is 0 Å². The largest absolute Gasteiger partial charge is 0.481 e. The Bertz CT molecular complexity index is 538. The Hall–Kier alpha value is -2.04. The second kappa shape index (κ2) is 5.53. The van der Waals surface area contributed by atoms with Gasteiger partial charge in [0.05, 0.1) is 5.41 Å². The highest BCUT2D eigenvalue weighted by molar-refractivity contribution is 5.89. The molecular weight excluding hydrogens is 256 g/mol. The van der Waals surface area contributed by atoms with Crippen LogP contribution in [0, 0.1) is 5.41 Å². The van der Waals surface area contributed by atoms with Gasteiger partial charge in [0.1, 0.15) is 0 Å². The molecule has 0 aliphatic heterocycles. The minimum Gasteiger partial charge on any atom is -0.481 e. The third kappa shape index (κ3) is 3.29. The Morgan fingerprint density at radius 1 is 1.25 bits per heavy atom. The van der Waals surface area contributed by atoms with Gasteiger partial charge >= 0.3 is 12.0 Å². The standard InChI is InChI=1S/C15H20N2O3/c1-15(2,13(18)19)9-16-14(20)17-12-7-6-10-4-3-5-11(10)8-12/h6-8H,3-5,9H2,1-2H3,(H,18,19)(H2,16,17,20). The molecule has 5 nitrogen and oxygen atoms in total. The van der Waals surface area contributed by atoms with Crippen molar-refractivity contribution >= 4 is 17.7 Å². The Balaban J connectivity index is 1.90. The number of benzene rings is 1. The van der Waals surface area contributed by atoms with Crippen LogP contribution in [-0.4, -0.2) is 23.7 Å². The number of carbonyl (C=O) groups excluding carboxylic acids is 1. The number of carbonyl (C=O) groups is 2. The van der Waals surface area contributed by atoms with Gasteiger partial charge in [-0.15, -0.1) is 0 Å². The third-order valence-electron chi connectivity index (χ3n) is 3.63. The summed E-state index contributed by atoms with van der Waals surface area (Å²) < 4.78 is 0. The molecule has 0 bridgehead atoms. The van der Waals surface area contributed by atoms with Crippen LogP contribution in [0.15, 0.2) is 18.2 Å². The molecule has 1 aliphatic carbocycles. The fraction of sp³-hybridized carbons (Fsp3) is 0.467. The van der Waals surface area contributed by atoms with Gasteiger partial charge in [0.2, 0.25) is 0 Å². The van der Waals surface area contributed by atoms with Crippen molar-refractivity contribution in [1.82, 2.24) is 5.32 Å². The molecule has 5 heteroatoms. The SMILES string of the molecule is CC(C)(CNC(=O)Nc1ccc2c(c1)CCC2)C(=O)O. The number of aliphatic carboxylic acids is 1. The first kappa shape index (κ1) is 14.4. The fourth-order valence-corrected chi connectivity index (χ4v) is 2.20. The first-order valence-corrected chi connectivity index (χ1v) is 6.78. The zero-order valence-electron chi connectivity index (χ0n) is 11.8. The molecule has 0 atom stereocenters. The molecule has 3 N–H and O–H groups in total. The first-order chi connectivity index (χ1) is 9.38. The highest BCUT2D eigenvalue weighted by Gasteiger charge is 2.27. The number of carboxylic acids is 1. The van der Waals surface area contributed by atoms with Crippen molar-refractivity contribution in [3.05, 3.63) is 29.3 Å². The summed E-state index contributed by atoms with van der Waals surface area (Å²) in [7, 11) is 0. The van der Waals surface area contributed by atoms with Crippen molar-refractivity contribution < 1.29 is 14.7 Å². The quantitative estimate of drug-likeness (QED) is 0.790. The van der Waals surface area contributed by atoms with Crippen molar-refractivity contribution in [3.8, 4) is 0 Å². The molecule has 0 unspecified atom stereocenters. The molecule has 0 saturated heterocycles. The second-order valence-corrected chi connectivity index (χ2v) is 5.83. The predicted octanol–water partition coefficient (Wildman–Crippen LogP) is 2.41. The smallest absolute Gasteiger partial charge is 0.319 e. The van der Waals surface area contributed by atoms with E-state index in [1.54, 1.807) is 13.8 Å². The zero-order valence-corrected chi connectivity index (χ0v) is 11.8. The molecule has 0 aromatic heterocycles. The maximum atomic E-state index is 11.8. The average molecular weight is 276 g/mol. The third-order valence-corrected chi connectivity index (χ3v) is 3.63. The molecule has 0 saturated carbocycles. The first-order valence-electron chi connectivity index (χ1n) is 6.78. The normalized spacial score (nSPS) is 13.7. The van der Waals surface area contributed by atoms with Gasteiger partial charge in [-0.3, -0.25) is 4.79 Å². The lowest BCUT2D eigenvalue weighted by atomic mass is 9.94. The number of carboxylic acid groups (broad SMARTS) is 1. The lowest BCUT2D eigenvalue weighted by Crippen LogP contribution is -2.40. The van der Waals surface area contributed by atoms with E-state index in [1.165, 1.54) is 11.1 Å². The molecule has 1 aliphatic rings. The number of amides is 2. The van der Waals surface area contributed by atoms with Crippen LogP contribution in [-0.2, 0) is 17.6 Å². The molecule has 0 fully saturated rings. The van der Waals surface area contributed by atoms with Crippen LogP contribution in [0.1, 0.15) is 31.4 Å². The minimum absolute atomic E-state index is 0.0824. The molecule has 0 heterocycles. The van der Waals surface area contributed by atoms with Crippen LogP contribution in [0.5, 0.6) is 0 Å². The Morgan fingerprint density at radius 2 is 1.95 bits per heavy atom. The number of hydrogen-bond donors (Lipinski definition) is 3. The highest BCUT2D eigenvalue weighted by Crippen LogP contribution is 2.24. The van der Waals surface area contributed by atoms with E-state index in [1.807, 2.05) is 18.2 Å². The van der Waals surface area contributed by atoms with Crippen molar-refractivity contribution in [2.75, 3.05) is 11.9 Å². The summed E-state index contributed by atoms with van der Waals surface area (Å²) in [6.45, 7) is 3.23. The molecule has 20 heavy (non-hydrogen) atoms. The highest BCUT2D eigenvalue weighted by atomic mass is 16.4. The van der Waals surface area contributed by atoms with Gasteiger partial charge in [0.25, 0.3) is 0 Å².